The molecule has 0 saturated heterocycles. The van der Waals surface area contributed by atoms with Gasteiger partial charge in [-0.05, 0) is 35.9 Å². The Morgan fingerprint density at radius 2 is 1.85 bits per heavy atom. The number of carbonyl (C=O) groups excluding carboxylic acids is 1. The Bertz CT molecular complexity index is 1000. The summed E-state index contributed by atoms with van der Waals surface area (Å²) in [6, 6.07) is 4.48. The molecule has 1 aromatic heterocycles. The predicted molar refractivity (Wildman–Crippen MR) is 87.2 cm³/mol. The van der Waals surface area contributed by atoms with E-state index in [1.165, 1.54) is 6.07 Å². The molecule has 1 amide bonds. The van der Waals surface area contributed by atoms with Crippen molar-refractivity contribution >= 4 is 15.9 Å². The molecule has 27 heavy (non-hydrogen) atoms. The molecular weight excluding hydrogens is 387 g/mol. The number of hydrogen-bond acceptors (Lipinski definition) is 5. The number of nitrogens with zero attached hydrogens (tertiary/aromatic N) is 2. The normalized spacial score (nSPS) is 15.4. The largest absolute Gasteiger partial charge is 0.493 e. The van der Waals surface area contributed by atoms with E-state index in [0.717, 1.165) is 16.4 Å². The summed E-state index contributed by atoms with van der Waals surface area (Å²) in [5, 5.41) is 9.70. The van der Waals surface area contributed by atoms with Crippen LogP contribution in [0, 0.1) is 0 Å². The third-order valence-corrected chi connectivity index (χ3v) is 6.06. The second kappa shape index (κ2) is 6.50. The van der Waals surface area contributed by atoms with Gasteiger partial charge in [-0.15, -0.1) is 0 Å². The predicted octanol–water partition coefficient (Wildman–Crippen LogP) is 1.65. The number of amides is 1. The minimum atomic E-state index is -4.56. The molecular formula is C16H14F3N3O4S. The molecule has 0 spiro atoms. The quantitative estimate of drug-likeness (QED) is 0.812. The van der Waals surface area contributed by atoms with Crippen LogP contribution in [0.2, 0.25) is 0 Å². The van der Waals surface area contributed by atoms with Crippen molar-refractivity contribution < 1.29 is 31.5 Å². The van der Waals surface area contributed by atoms with Gasteiger partial charge < -0.3 is 10.8 Å². The molecule has 7 nitrogen and oxygen atoms in total. The van der Waals surface area contributed by atoms with E-state index in [2.05, 4.69) is 4.98 Å². The number of pyridine rings is 1. The molecule has 0 atom stereocenters. The molecule has 0 saturated carbocycles. The summed E-state index contributed by atoms with van der Waals surface area (Å²) in [4.78, 5) is 14.9. The molecule has 0 aliphatic carbocycles. The van der Waals surface area contributed by atoms with Crippen LogP contribution in [0.3, 0.4) is 0 Å². The highest BCUT2D eigenvalue weighted by Crippen LogP contribution is 2.31. The van der Waals surface area contributed by atoms with Crippen molar-refractivity contribution in [1.82, 2.24) is 9.29 Å². The highest BCUT2D eigenvalue weighted by molar-refractivity contribution is 7.89. The Morgan fingerprint density at radius 3 is 2.41 bits per heavy atom. The zero-order valence-electron chi connectivity index (χ0n) is 13.7. The maximum atomic E-state index is 12.7. The van der Waals surface area contributed by atoms with Gasteiger partial charge in [-0.25, -0.2) is 13.4 Å². The second-order valence-corrected chi connectivity index (χ2v) is 7.88. The van der Waals surface area contributed by atoms with Crippen LogP contribution in [0.4, 0.5) is 13.2 Å². The van der Waals surface area contributed by atoms with Gasteiger partial charge in [0.1, 0.15) is 5.56 Å². The van der Waals surface area contributed by atoms with Crippen LogP contribution in [0.25, 0.3) is 0 Å². The zero-order valence-corrected chi connectivity index (χ0v) is 14.5. The van der Waals surface area contributed by atoms with Gasteiger partial charge in [0.25, 0.3) is 5.91 Å². The molecule has 0 fully saturated rings. The molecule has 0 bridgehead atoms. The highest BCUT2D eigenvalue weighted by atomic mass is 32.2. The molecule has 144 valence electrons. The smallest absolute Gasteiger partial charge is 0.416 e. The molecule has 3 N–H and O–H groups in total. The number of rotatable bonds is 3. The summed E-state index contributed by atoms with van der Waals surface area (Å²) >= 11 is 0. The third kappa shape index (κ3) is 3.60. The molecule has 1 aliphatic rings. The molecule has 11 heteroatoms. The number of halogens is 3. The average molecular weight is 401 g/mol. The maximum absolute atomic E-state index is 12.7. The molecule has 1 aliphatic heterocycles. The van der Waals surface area contributed by atoms with Gasteiger partial charge in [0, 0.05) is 19.5 Å². The molecule has 3 rings (SSSR count). The Hall–Kier alpha value is -2.66. The number of alkyl halides is 3. The average Bonchev–Trinajstić information content (AvgIpc) is 2.59. The second-order valence-electron chi connectivity index (χ2n) is 5.94. The number of nitrogens with two attached hydrogens (primary N) is 1. The fourth-order valence-corrected chi connectivity index (χ4v) is 4.21. The number of sulfonamides is 1. The third-order valence-electron chi connectivity index (χ3n) is 4.20. The number of aromatic nitrogens is 1. The monoisotopic (exact) mass is 401 g/mol. The SMILES string of the molecule is NC(=O)c1cc2c(nc1O)CCN(S(=O)(=O)c1ccc(C(F)(F)F)cc1)C2. The first-order valence-corrected chi connectivity index (χ1v) is 9.13. The van der Waals surface area contributed by atoms with Crippen LogP contribution in [0.1, 0.15) is 27.2 Å². The summed E-state index contributed by atoms with van der Waals surface area (Å²) in [5.41, 5.74) is 4.78. The Morgan fingerprint density at radius 1 is 1.22 bits per heavy atom. The Kier molecular flexibility index (Phi) is 4.60. The summed E-state index contributed by atoms with van der Waals surface area (Å²) in [7, 11) is -4.05. The van der Waals surface area contributed by atoms with E-state index in [0.29, 0.717) is 23.4 Å². The Labute approximate surface area is 152 Å². The van der Waals surface area contributed by atoms with Crippen LogP contribution >= 0.6 is 0 Å². The molecule has 0 radical (unpaired) electrons. The molecule has 2 heterocycles. The van der Waals surface area contributed by atoms with E-state index in [4.69, 9.17) is 5.73 Å². The fraction of sp³-hybridized carbons (Fsp3) is 0.250. The first kappa shape index (κ1) is 19.1. The van der Waals surface area contributed by atoms with Crippen molar-refractivity contribution in [2.75, 3.05) is 6.54 Å². The van der Waals surface area contributed by atoms with Gasteiger partial charge >= 0.3 is 6.18 Å². The minimum absolute atomic E-state index is 0.0265. The zero-order chi connectivity index (χ0) is 20.0. The number of aromatic hydroxyl groups is 1. The van der Waals surface area contributed by atoms with E-state index >= 15 is 0 Å². The van der Waals surface area contributed by atoms with Crippen molar-refractivity contribution in [2.45, 2.75) is 24.0 Å². The molecule has 0 unspecified atom stereocenters. The van der Waals surface area contributed by atoms with Gasteiger partial charge in [0.2, 0.25) is 15.9 Å². The number of hydrogen-bond donors (Lipinski definition) is 2. The van der Waals surface area contributed by atoms with Crippen molar-refractivity contribution in [3.05, 3.63) is 52.7 Å². The fourth-order valence-electron chi connectivity index (χ4n) is 2.79. The van der Waals surface area contributed by atoms with Gasteiger partial charge in [0.15, 0.2) is 0 Å². The minimum Gasteiger partial charge on any atom is -0.493 e. The lowest BCUT2D eigenvalue weighted by atomic mass is 10.0. The summed E-state index contributed by atoms with van der Waals surface area (Å²) < 4.78 is 64.5. The van der Waals surface area contributed by atoms with Gasteiger partial charge in [0.05, 0.1) is 16.2 Å². The van der Waals surface area contributed by atoms with E-state index in [1.54, 1.807) is 0 Å². The van der Waals surface area contributed by atoms with E-state index in [-0.39, 0.29) is 30.0 Å². The summed E-state index contributed by atoms with van der Waals surface area (Å²) in [6.07, 6.45) is -4.40. The van der Waals surface area contributed by atoms with E-state index in [9.17, 15) is 31.5 Å². The lowest BCUT2D eigenvalue weighted by molar-refractivity contribution is -0.137. The number of benzene rings is 1. The van der Waals surface area contributed by atoms with Gasteiger partial charge in [-0.3, -0.25) is 4.79 Å². The standard InChI is InChI=1S/C16H14F3N3O4S/c17-16(18,19)10-1-3-11(4-2-10)27(25,26)22-6-5-13-9(8-22)7-12(14(20)23)15(24)21-13/h1-4,7H,5-6,8H2,(H2,20,23)(H,21,24). The number of fused-ring (bicyclic) bond motifs is 1. The van der Waals surface area contributed by atoms with Crippen LogP contribution < -0.4 is 5.73 Å². The van der Waals surface area contributed by atoms with Crippen LogP contribution in [0.15, 0.2) is 35.2 Å². The first-order valence-electron chi connectivity index (χ1n) is 7.69. The highest BCUT2D eigenvalue weighted by Gasteiger charge is 2.33. The van der Waals surface area contributed by atoms with Crippen molar-refractivity contribution in [3.63, 3.8) is 0 Å². The maximum Gasteiger partial charge on any atom is 0.416 e. The van der Waals surface area contributed by atoms with Crippen molar-refractivity contribution in [1.29, 1.82) is 0 Å². The van der Waals surface area contributed by atoms with E-state index < -0.39 is 33.6 Å². The van der Waals surface area contributed by atoms with Gasteiger partial charge in [-0.2, -0.15) is 17.5 Å². The molecule has 1 aromatic carbocycles. The first-order chi connectivity index (χ1) is 12.5. The topological polar surface area (TPSA) is 114 Å². The van der Waals surface area contributed by atoms with E-state index in [1.807, 2.05) is 0 Å². The summed E-state index contributed by atoms with van der Waals surface area (Å²) in [6.45, 7) is -0.120. The van der Waals surface area contributed by atoms with Crippen LogP contribution in [-0.4, -0.2) is 35.3 Å². The van der Waals surface area contributed by atoms with Crippen molar-refractivity contribution in [2.24, 2.45) is 5.73 Å². The van der Waals surface area contributed by atoms with Crippen LogP contribution in [0.5, 0.6) is 5.88 Å². The Balaban J connectivity index is 1.91. The van der Waals surface area contributed by atoms with Crippen molar-refractivity contribution in [3.8, 4) is 5.88 Å². The lowest BCUT2D eigenvalue weighted by Crippen LogP contribution is -2.36. The lowest BCUT2D eigenvalue weighted by Gasteiger charge is -2.28. The molecule has 2 aromatic rings. The number of primary amides is 1. The van der Waals surface area contributed by atoms with Gasteiger partial charge in [-0.1, -0.05) is 0 Å². The number of carbonyl (C=O) groups is 1. The van der Waals surface area contributed by atoms with Crippen LogP contribution in [-0.2, 0) is 29.2 Å². The summed E-state index contributed by atoms with van der Waals surface area (Å²) in [5.74, 6) is -1.44.